The van der Waals surface area contributed by atoms with Crippen LogP contribution in [0.4, 0.5) is 0 Å². The van der Waals surface area contributed by atoms with E-state index in [1.54, 1.807) is 0 Å². The zero-order valence-corrected chi connectivity index (χ0v) is 9.01. The zero-order chi connectivity index (χ0) is 9.03. The Balaban J connectivity index is 2.95. The molecule has 0 heterocycles. The van der Waals surface area contributed by atoms with Crippen molar-refractivity contribution in [2.75, 3.05) is 0 Å². The van der Waals surface area contributed by atoms with E-state index in [1.807, 2.05) is 0 Å². The van der Waals surface area contributed by atoms with E-state index in [9.17, 15) is 0 Å². The molecule has 1 rings (SSSR count). The lowest BCUT2D eigenvalue weighted by Crippen LogP contribution is -2.43. The molecule has 0 saturated heterocycles. The topological polar surface area (TPSA) is 0 Å². The van der Waals surface area contributed by atoms with Crippen molar-refractivity contribution < 1.29 is 0 Å². The number of rotatable bonds is 3. The maximum absolute atomic E-state index is 4.42. The van der Waals surface area contributed by atoms with E-state index in [0.717, 1.165) is 0 Å². The predicted octanol–water partition coefficient (Wildman–Crippen LogP) is 2.76. The average Bonchev–Trinajstić information content (AvgIpc) is 2.18. The van der Waals surface area contributed by atoms with E-state index in [-0.39, 0.29) is 0 Å². The van der Waals surface area contributed by atoms with Gasteiger partial charge in [0.2, 0.25) is 0 Å². The molecular formula is C11H17Si. The second kappa shape index (κ2) is 3.90. The van der Waals surface area contributed by atoms with Crippen LogP contribution >= 0.6 is 0 Å². The van der Waals surface area contributed by atoms with Crippen LogP contribution in [-0.4, -0.2) is 8.07 Å². The van der Waals surface area contributed by atoms with Crippen molar-refractivity contribution in [1.82, 2.24) is 0 Å². The van der Waals surface area contributed by atoms with Crippen LogP contribution in [0.1, 0.15) is 13.8 Å². The van der Waals surface area contributed by atoms with Crippen molar-refractivity contribution in [3.8, 4) is 0 Å². The van der Waals surface area contributed by atoms with Gasteiger partial charge in [-0.1, -0.05) is 68.0 Å². The Hall–Kier alpha value is -0.563. The van der Waals surface area contributed by atoms with Gasteiger partial charge in [0.15, 0.2) is 0 Å². The Labute approximate surface area is 76.6 Å². The second-order valence-corrected chi connectivity index (χ2v) is 7.91. The summed E-state index contributed by atoms with van der Waals surface area (Å²) in [6.07, 6.45) is 0. The molecule has 65 valence electrons. The predicted molar refractivity (Wildman–Crippen MR) is 58.1 cm³/mol. The van der Waals surface area contributed by atoms with Crippen molar-refractivity contribution in [2.45, 2.75) is 25.9 Å². The summed E-state index contributed by atoms with van der Waals surface area (Å²) in [4.78, 5) is 0. The summed E-state index contributed by atoms with van der Waals surface area (Å²) in [5.41, 5.74) is 0. The fraction of sp³-hybridized carbons (Fsp3) is 0.364. The van der Waals surface area contributed by atoms with Crippen LogP contribution in [0, 0.1) is 6.55 Å². The molecule has 0 nitrogen and oxygen atoms in total. The quantitative estimate of drug-likeness (QED) is 0.623. The number of hydrogen-bond acceptors (Lipinski definition) is 0. The Morgan fingerprint density at radius 3 is 2.00 bits per heavy atom. The minimum absolute atomic E-state index is 1.24. The van der Waals surface area contributed by atoms with Gasteiger partial charge in [-0.05, 0) is 0 Å². The first kappa shape index (κ1) is 9.52. The van der Waals surface area contributed by atoms with E-state index in [1.165, 1.54) is 17.3 Å². The molecule has 0 saturated carbocycles. The number of hydrogen-bond donors (Lipinski definition) is 0. The summed E-state index contributed by atoms with van der Waals surface area (Å²) in [5, 5.41) is 1.50. The maximum Gasteiger partial charge on any atom is 0.0859 e. The van der Waals surface area contributed by atoms with Gasteiger partial charge < -0.3 is 0 Å². The smallest absolute Gasteiger partial charge is 0.0675 e. The van der Waals surface area contributed by atoms with Gasteiger partial charge in [-0.2, -0.15) is 0 Å². The fourth-order valence-electron chi connectivity index (χ4n) is 1.45. The first-order valence-electron chi connectivity index (χ1n) is 4.64. The molecule has 1 aromatic rings. The van der Waals surface area contributed by atoms with Crippen LogP contribution in [-0.2, 0) is 0 Å². The summed E-state index contributed by atoms with van der Waals surface area (Å²) in [6.45, 7) is 8.93. The minimum Gasteiger partial charge on any atom is -0.0675 e. The molecule has 0 spiro atoms. The maximum atomic E-state index is 4.42. The first-order chi connectivity index (χ1) is 5.73. The normalized spacial score (nSPS) is 11.6. The largest absolute Gasteiger partial charge is 0.0859 e. The van der Waals surface area contributed by atoms with Gasteiger partial charge in [-0.3, -0.25) is 0 Å². The highest BCUT2D eigenvalue weighted by Crippen LogP contribution is 2.12. The van der Waals surface area contributed by atoms with Crippen LogP contribution in [0.2, 0.25) is 12.1 Å². The standard InChI is InChI=1S/C11H17Si/c1-4-12(3,5-2)11-9-7-6-8-10-11/h6-10H,3-5H2,1-2H3. The Bertz CT molecular complexity index is 224. The van der Waals surface area contributed by atoms with Crippen LogP contribution in [0.25, 0.3) is 0 Å². The summed E-state index contributed by atoms with van der Waals surface area (Å²) < 4.78 is 0. The highest BCUT2D eigenvalue weighted by Gasteiger charge is 2.24. The van der Waals surface area contributed by atoms with Gasteiger partial charge in [0.25, 0.3) is 0 Å². The summed E-state index contributed by atoms with van der Waals surface area (Å²) in [5.74, 6) is 0. The molecule has 0 N–H and O–H groups in total. The second-order valence-electron chi connectivity index (χ2n) is 3.35. The molecule has 0 aliphatic heterocycles. The van der Waals surface area contributed by atoms with Crippen molar-refractivity contribution in [1.29, 1.82) is 0 Å². The molecule has 0 aromatic heterocycles. The lowest BCUT2D eigenvalue weighted by atomic mass is 10.4. The molecule has 12 heavy (non-hydrogen) atoms. The van der Waals surface area contributed by atoms with Gasteiger partial charge in [0.1, 0.15) is 0 Å². The van der Waals surface area contributed by atoms with E-state index in [4.69, 9.17) is 0 Å². The third-order valence-corrected chi connectivity index (χ3v) is 7.00. The Kier molecular flexibility index (Phi) is 3.10. The average molecular weight is 177 g/mol. The third kappa shape index (κ3) is 1.78. The van der Waals surface area contributed by atoms with Crippen molar-refractivity contribution in [3.05, 3.63) is 36.9 Å². The highest BCUT2D eigenvalue weighted by molar-refractivity contribution is 6.93. The highest BCUT2D eigenvalue weighted by atomic mass is 28.3. The summed E-state index contributed by atoms with van der Waals surface area (Å²) >= 11 is 0. The minimum atomic E-state index is -1.32. The molecular weight excluding hydrogens is 160 g/mol. The molecule has 0 fully saturated rings. The molecule has 0 bridgehead atoms. The van der Waals surface area contributed by atoms with Gasteiger partial charge in [-0.25, -0.2) is 0 Å². The SMILES string of the molecule is [CH2][Si](CC)(CC)c1ccccc1. The van der Waals surface area contributed by atoms with Gasteiger partial charge >= 0.3 is 0 Å². The Morgan fingerprint density at radius 1 is 1.08 bits per heavy atom. The van der Waals surface area contributed by atoms with Crippen LogP contribution < -0.4 is 5.19 Å². The molecule has 1 heteroatoms. The summed E-state index contributed by atoms with van der Waals surface area (Å²) in [6, 6.07) is 13.3. The van der Waals surface area contributed by atoms with Gasteiger partial charge in [-0.15, -0.1) is 0 Å². The fourth-order valence-corrected chi connectivity index (χ4v) is 3.67. The monoisotopic (exact) mass is 177 g/mol. The molecule has 1 aromatic carbocycles. The van der Waals surface area contributed by atoms with Crippen LogP contribution in [0.3, 0.4) is 0 Å². The van der Waals surface area contributed by atoms with E-state index < -0.39 is 8.07 Å². The molecule has 0 aliphatic rings. The van der Waals surface area contributed by atoms with Crippen molar-refractivity contribution >= 4 is 13.3 Å². The molecule has 0 aliphatic carbocycles. The first-order valence-corrected chi connectivity index (χ1v) is 7.26. The Morgan fingerprint density at radius 2 is 1.58 bits per heavy atom. The van der Waals surface area contributed by atoms with Crippen molar-refractivity contribution in [2.24, 2.45) is 0 Å². The number of benzene rings is 1. The molecule has 1 radical (unpaired) electrons. The van der Waals surface area contributed by atoms with Crippen molar-refractivity contribution in [3.63, 3.8) is 0 Å². The lowest BCUT2D eigenvalue weighted by molar-refractivity contribution is 1.29. The van der Waals surface area contributed by atoms with Crippen LogP contribution in [0.5, 0.6) is 0 Å². The molecule has 0 atom stereocenters. The van der Waals surface area contributed by atoms with E-state index >= 15 is 0 Å². The van der Waals surface area contributed by atoms with E-state index in [2.05, 4.69) is 50.7 Å². The van der Waals surface area contributed by atoms with Gasteiger partial charge in [0.05, 0.1) is 8.07 Å². The molecule has 0 unspecified atom stereocenters. The summed E-state index contributed by atoms with van der Waals surface area (Å²) in [7, 11) is -1.32. The van der Waals surface area contributed by atoms with Crippen LogP contribution in [0.15, 0.2) is 30.3 Å². The van der Waals surface area contributed by atoms with E-state index in [0.29, 0.717) is 0 Å². The van der Waals surface area contributed by atoms with Gasteiger partial charge in [0, 0.05) is 0 Å². The zero-order valence-electron chi connectivity index (χ0n) is 8.01. The third-order valence-electron chi connectivity index (χ3n) is 2.74. The molecule has 0 amide bonds. The lowest BCUT2D eigenvalue weighted by Gasteiger charge is -2.24.